The van der Waals surface area contributed by atoms with Crippen molar-refractivity contribution in [2.75, 3.05) is 5.32 Å². The molecule has 2 aromatic rings. The van der Waals surface area contributed by atoms with Crippen molar-refractivity contribution in [2.24, 2.45) is 0 Å². The highest BCUT2D eigenvalue weighted by Gasteiger charge is 2.36. The first-order chi connectivity index (χ1) is 11.4. The molecule has 25 heavy (non-hydrogen) atoms. The number of anilines is 1. The van der Waals surface area contributed by atoms with Crippen molar-refractivity contribution < 1.29 is 30.9 Å². The Hall–Kier alpha value is -2.07. The monoisotopic (exact) mass is 396 g/mol. The Morgan fingerprint density at radius 3 is 2.48 bits per heavy atom. The van der Waals surface area contributed by atoms with Gasteiger partial charge in [0.1, 0.15) is 11.0 Å². The van der Waals surface area contributed by atoms with E-state index in [1.54, 1.807) is 6.92 Å². The summed E-state index contributed by atoms with van der Waals surface area (Å²) < 4.78 is 68.3. The number of carbonyl (C=O) groups excluding carboxylic acids is 1. The van der Waals surface area contributed by atoms with Crippen LogP contribution in [0.2, 0.25) is 5.02 Å². The fourth-order valence-corrected chi connectivity index (χ4v) is 3.41. The SMILES string of the molecule is Cc1cc(NC(=O)[C@H](C)S(=O)(=O)c2ccc(Cl)c(C(F)(F)F)c2)no1. The van der Waals surface area contributed by atoms with Crippen molar-refractivity contribution in [3.63, 3.8) is 0 Å². The number of nitrogens with one attached hydrogen (secondary N) is 1. The van der Waals surface area contributed by atoms with Gasteiger partial charge in [-0.3, -0.25) is 4.79 Å². The normalized spacial score (nSPS) is 13.5. The zero-order chi connectivity index (χ0) is 19.0. The largest absolute Gasteiger partial charge is 0.417 e. The van der Waals surface area contributed by atoms with Gasteiger partial charge >= 0.3 is 6.18 Å². The van der Waals surface area contributed by atoms with Crippen LogP contribution >= 0.6 is 11.6 Å². The first kappa shape index (κ1) is 19.3. The third kappa shape index (κ3) is 4.13. The highest BCUT2D eigenvalue weighted by molar-refractivity contribution is 7.92. The van der Waals surface area contributed by atoms with Crippen molar-refractivity contribution in [3.05, 3.63) is 40.6 Å². The maximum Gasteiger partial charge on any atom is 0.417 e. The molecule has 0 saturated heterocycles. The molecule has 1 aromatic heterocycles. The van der Waals surface area contributed by atoms with Crippen LogP contribution in [-0.4, -0.2) is 24.7 Å². The van der Waals surface area contributed by atoms with E-state index in [1.807, 2.05) is 0 Å². The van der Waals surface area contributed by atoms with Gasteiger partial charge in [-0.1, -0.05) is 16.8 Å². The molecular formula is C14H12ClF3N2O4S. The number of rotatable bonds is 4. The predicted molar refractivity (Wildman–Crippen MR) is 83.0 cm³/mol. The van der Waals surface area contributed by atoms with Crippen molar-refractivity contribution >= 4 is 33.2 Å². The van der Waals surface area contributed by atoms with E-state index in [1.165, 1.54) is 6.07 Å². The van der Waals surface area contributed by atoms with E-state index >= 15 is 0 Å². The second-order valence-corrected chi connectivity index (χ2v) is 7.81. The Balaban J connectivity index is 2.32. The van der Waals surface area contributed by atoms with E-state index in [9.17, 15) is 26.4 Å². The molecule has 0 fully saturated rings. The van der Waals surface area contributed by atoms with Crippen LogP contribution in [0.1, 0.15) is 18.2 Å². The van der Waals surface area contributed by atoms with Crippen LogP contribution in [0.15, 0.2) is 33.7 Å². The Morgan fingerprint density at radius 1 is 1.32 bits per heavy atom. The number of amides is 1. The fraction of sp³-hybridized carbons (Fsp3) is 0.286. The van der Waals surface area contributed by atoms with Gasteiger partial charge in [-0.25, -0.2) is 8.42 Å². The van der Waals surface area contributed by atoms with Crippen LogP contribution < -0.4 is 5.32 Å². The first-order valence-electron chi connectivity index (χ1n) is 6.77. The van der Waals surface area contributed by atoms with Crippen molar-refractivity contribution in [3.8, 4) is 0 Å². The second kappa shape index (κ2) is 6.68. The number of sulfone groups is 1. The van der Waals surface area contributed by atoms with Crippen LogP contribution in [0.3, 0.4) is 0 Å². The van der Waals surface area contributed by atoms with Gasteiger partial charge in [-0.05, 0) is 32.0 Å². The molecule has 0 bridgehead atoms. The Bertz CT molecular complexity index is 909. The van der Waals surface area contributed by atoms with E-state index in [2.05, 4.69) is 10.5 Å². The van der Waals surface area contributed by atoms with E-state index in [0.29, 0.717) is 11.8 Å². The van der Waals surface area contributed by atoms with Gasteiger partial charge in [0.15, 0.2) is 15.7 Å². The minimum atomic E-state index is -4.83. The van der Waals surface area contributed by atoms with E-state index < -0.39 is 42.7 Å². The van der Waals surface area contributed by atoms with Crippen LogP contribution in [-0.2, 0) is 20.8 Å². The predicted octanol–water partition coefficient (Wildman–Crippen LogP) is 3.46. The zero-order valence-corrected chi connectivity index (χ0v) is 14.5. The summed E-state index contributed by atoms with van der Waals surface area (Å²) in [6.07, 6.45) is -4.83. The molecule has 136 valence electrons. The summed E-state index contributed by atoms with van der Waals surface area (Å²) in [7, 11) is -4.38. The number of hydrogen-bond acceptors (Lipinski definition) is 5. The summed E-state index contributed by atoms with van der Waals surface area (Å²) in [5, 5.41) is 3.41. The summed E-state index contributed by atoms with van der Waals surface area (Å²) in [6, 6.07) is 3.50. The number of halogens is 4. The maximum atomic E-state index is 12.9. The van der Waals surface area contributed by atoms with Crippen molar-refractivity contribution in [1.82, 2.24) is 5.16 Å². The Labute approximate surface area is 145 Å². The van der Waals surface area contributed by atoms with Gasteiger partial charge in [-0.15, -0.1) is 0 Å². The standard InChI is InChI=1S/C14H12ClF3N2O4S/c1-7-5-12(20-24-7)19-13(21)8(2)25(22,23)9-3-4-11(15)10(6-9)14(16,17)18/h3-6,8H,1-2H3,(H,19,20,21)/t8-/m0/s1. The number of aromatic nitrogens is 1. The summed E-state index contributed by atoms with van der Waals surface area (Å²) in [6.45, 7) is 2.62. The Morgan fingerprint density at radius 2 is 1.96 bits per heavy atom. The van der Waals surface area contributed by atoms with Gasteiger partial charge in [0, 0.05) is 6.07 Å². The van der Waals surface area contributed by atoms with E-state index in [-0.39, 0.29) is 5.82 Å². The highest BCUT2D eigenvalue weighted by atomic mass is 35.5. The number of alkyl halides is 3. The van der Waals surface area contributed by atoms with Crippen LogP contribution in [0.5, 0.6) is 0 Å². The summed E-state index contributed by atoms with van der Waals surface area (Å²) in [5.74, 6) is -0.577. The molecule has 1 N–H and O–H groups in total. The van der Waals surface area contributed by atoms with Crippen LogP contribution in [0.4, 0.5) is 19.0 Å². The molecule has 1 aromatic carbocycles. The average Bonchev–Trinajstić information content (AvgIpc) is 2.90. The summed E-state index contributed by atoms with van der Waals surface area (Å²) >= 11 is 5.47. The molecule has 0 aliphatic carbocycles. The molecule has 2 rings (SSSR count). The minimum Gasteiger partial charge on any atom is -0.360 e. The molecule has 1 heterocycles. The van der Waals surface area contributed by atoms with Crippen LogP contribution in [0.25, 0.3) is 0 Å². The number of nitrogens with zero attached hydrogens (tertiary/aromatic N) is 1. The minimum absolute atomic E-state index is 0.00311. The fourth-order valence-electron chi connectivity index (χ4n) is 1.90. The summed E-state index contributed by atoms with van der Waals surface area (Å²) in [4.78, 5) is 11.4. The highest BCUT2D eigenvalue weighted by Crippen LogP contribution is 2.36. The molecule has 1 amide bonds. The average molecular weight is 397 g/mol. The van der Waals surface area contributed by atoms with Crippen molar-refractivity contribution in [1.29, 1.82) is 0 Å². The molecule has 0 unspecified atom stereocenters. The molecule has 0 aliphatic rings. The molecule has 11 heteroatoms. The smallest absolute Gasteiger partial charge is 0.360 e. The number of carbonyl (C=O) groups is 1. The number of aryl methyl sites for hydroxylation is 1. The third-order valence-corrected chi connectivity index (χ3v) is 5.67. The molecule has 1 atom stereocenters. The molecule has 6 nitrogen and oxygen atoms in total. The van der Waals surface area contributed by atoms with E-state index in [4.69, 9.17) is 16.1 Å². The lowest BCUT2D eigenvalue weighted by Gasteiger charge is -2.15. The maximum absolute atomic E-state index is 12.9. The molecule has 0 spiro atoms. The lowest BCUT2D eigenvalue weighted by atomic mass is 10.2. The lowest BCUT2D eigenvalue weighted by molar-refractivity contribution is -0.137. The first-order valence-corrected chi connectivity index (χ1v) is 8.70. The molecular weight excluding hydrogens is 385 g/mol. The number of benzene rings is 1. The van der Waals surface area contributed by atoms with Gasteiger partial charge in [0.2, 0.25) is 5.91 Å². The van der Waals surface area contributed by atoms with Gasteiger partial charge in [0.25, 0.3) is 0 Å². The quantitative estimate of drug-likeness (QED) is 0.854. The molecule has 0 aliphatic heterocycles. The topological polar surface area (TPSA) is 89.3 Å². The zero-order valence-electron chi connectivity index (χ0n) is 12.9. The van der Waals surface area contributed by atoms with Gasteiger partial charge in [0.05, 0.1) is 15.5 Å². The third-order valence-electron chi connectivity index (χ3n) is 3.29. The Kier molecular flexibility index (Phi) is 5.14. The van der Waals surface area contributed by atoms with Gasteiger partial charge in [-0.2, -0.15) is 13.2 Å². The van der Waals surface area contributed by atoms with Crippen molar-refractivity contribution in [2.45, 2.75) is 30.2 Å². The molecule has 0 radical (unpaired) electrons. The van der Waals surface area contributed by atoms with Gasteiger partial charge < -0.3 is 9.84 Å². The lowest BCUT2D eigenvalue weighted by Crippen LogP contribution is -2.32. The number of hydrogen-bond donors (Lipinski definition) is 1. The summed E-state index contributed by atoms with van der Waals surface area (Å²) in [5.41, 5.74) is -1.30. The molecule has 0 saturated carbocycles. The van der Waals surface area contributed by atoms with Crippen LogP contribution in [0, 0.1) is 6.92 Å². The second-order valence-electron chi connectivity index (χ2n) is 5.14. The van der Waals surface area contributed by atoms with E-state index in [0.717, 1.165) is 19.1 Å².